The number of aromatic nitrogens is 4. The van der Waals surface area contributed by atoms with E-state index in [4.69, 9.17) is 0 Å². The lowest BCUT2D eigenvalue weighted by Crippen LogP contribution is -2.43. The largest absolute Gasteiger partial charge is 0.337 e. The molecule has 6 rings (SSSR count). The number of benzene rings is 1. The lowest BCUT2D eigenvalue weighted by molar-refractivity contribution is 0.148. The number of nitrogens with zero attached hydrogens (tertiary/aromatic N) is 6. The van der Waals surface area contributed by atoms with Crippen LogP contribution in [0.1, 0.15) is 35.8 Å². The minimum Gasteiger partial charge on any atom is -0.337 e. The summed E-state index contributed by atoms with van der Waals surface area (Å²) in [6.07, 6.45) is 8.54. The molecule has 2 aromatic heterocycles. The monoisotopic (exact) mass is 430 g/mol. The smallest absolute Gasteiger partial charge is 0.153 e. The molecule has 3 aliphatic rings. The molecule has 0 amide bonds. The van der Waals surface area contributed by atoms with Crippen molar-refractivity contribution in [2.75, 3.05) is 43.4 Å². The Bertz CT molecular complexity index is 1120. The third kappa shape index (κ3) is 4.03. The van der Waals surface area contributed by atoms with Crippen LogP contribution in [0.4, 0.5) is 11.5 Å². The topological polar surface area (TPSA) is 68.2 Å². The molecule has 2 N–H and O–H groups in total. The van der Waals surface area contributed by atoms with Gasteiger partial charge in [0.2, 0.25) is 0 Å². The number of H-pyrrole nitrogens is 1. The van der Waals surface area contributed by atoms with Crippen molar-refractivity contribution in [1.29, 1.82) is 0 Å². The molecule has 0 spiro atoms. The first kappa shape index (κ1) is 19.6. The molecule has 3 aromatic rings. The van der Waals surface area contributed by atoms with Gasteiger partial charge in [0.25, 0.3) is 0 Å². The number of piperazine rings is 1. The number of nitrogens with one attached hydrogen (secondary N) is 2. The van der Waals surface area contributed by atoms with Crippen LogP contribution in [0.2, 0.25) is 0 Å². The molecule has 0 bridgehead atoms. The van der Waals surface area contributed by atoms with E-state index in [2.05, 4.69) is 83.3 Å². The maximum absolute atomic E-state index is 4.59. The molecule has 0 atom stereocenters. The van der Waals surface area contributed by atoms with E-state index in [0.717, 1.165) is 56.7 Å². The van der Waals surface area contributed by atoms with Crippen molar-refractivity contribution >= 4 is 17.3 Å². The van der Waals surface area contributed by atoms with E-state index in [1.807, 2.05) is 12.4 Å². The summed E-state index contributed by atoms with van der Waals surface area (Å²) in [5, 5.41) is 11.2. The molecule has 1 saturated heterocycles. The van der Waals surface area contributed by atoms with Crippen molar-refractivity contribution in [1.82, 2.24) is 29.5 Å². The Balaban J connectivity index is 1.22. The Labute approximate surface area is 188 Å². The van der Waals surface area contributed by atoms with Gasteiger partial charge in [-0.05, 0) is 37.6 Å². The number of hydrogen-bond donors (Lipinski definition) is 2. The van der Waals surface area contributed by atoms with E-state index in [-0.39, 0.29) is 0 Å². The van der Waals surface area contributed by atoms with E-state index in [1.165, 1.54) is 29.8 Å². The van der Waals surface area contributed by atoms with Crippen molar-refractivity contribution in [3.63, 3.8) is 0 Å². The lowest BCUT2D eigenvalue weighted by atomic mass is 10.1. The van der Waals surface area contributed by atoms with Gasteiger partial charge in [0.05, 0.1) is 6.54 Å². The van der Waals surface area contributed by atoms with Gasteiger partial charge in [0.15, 0.2) is 5.82 Å². The first-order valence-electron chi connectivity index (χ1n) is 11.5. The lowest BCUT2D eigenvalue weighted by Gasteiger charge is -2.32. The summed E-state index contributed by atoms with van der Waals surface area (Å²) in [6.45, 7) is 6.27. The predicted molar refractivity (Wildman–Crippen MR) is 126 cm³/mol. The average molecular weight is 431 g/mol. The Kier molecular flexibility index (Phi) is 4.96. The number of aromatic amines is 1. The van der Waals surface area contributed by atoms with Crippen LogP contribution in [0.5, 0.6) is 0 Å². The zero-order chi connectivity index (χ0) is 21.5. The maximum atomic E-state index is 4.59. The quantitative estimate of drug-likeness (QED) is 0.626. The molecule has 4 heterocycles. The van der Waals surface area contributed by atoms with Crippen molar-refractivity contribution in [2.24, 2.45) is 0 Å². The Morgan fingerprint density at radius 2 is 2.00 bits per heavy atom. The van der Waals surface area contributed by atoms with E-state index in [1.54, 1.807) is 0 Å². The third-order valence-electron chi connectivity index (χ3n) is 6.68. The highest BCUT2D eigenvalue weighted by atomic mass is 15.3. The maximum Gasteiger partial charge on any atom is 0.153 e. The summed E-state index contributed by atoms with van der Waals surface area (Å²) in [4.78, 5) is 11.8. The number of likely N-dealkylation sites (N-methyl/N-ethyl adjacent to an activating group) is 1. The second-order valence-corrected chi connectivity index (χ2v) is 9.21. The van der Waals surface area contributed by atoms with Crippen molar-refractivity contribution in [3.05, 3.63) is 66.0 Å². The fraction of sp³-hybridized carbons (Fsp3) is 0.417. The van der Waals surface area contributed by atoms with Gasteiger partial charge < -0.3 is 15.1 Å². The minimum atomic E-state index is 0.654. The van der Waals surface area contributed by atoms with Gasteiger partial charge in [-0.3, -0.25) is 14.6 Å². The zero-order valence-corrected chi connectivity index (χ0v) is 18.5. The Hall–Kier alpha value is -3.10. The fourth-order valence-corrected chi connectivity index (χ4v) is 4.57. The van der Waals surface area contributed by atoms with Gasteiger partial charge in [-0.25, -0.2) is 4.98 Å². The normalized spacial score (nSPS) is 19.7. The van der Waals surface area contributed by atoms with Gasteiger partial charge in [-0.2, -0.15) is 5.10 Å². The summed E-state index contributed by atoms with van der Waals surface area (Å²) < 4.78 is 2.11. The highest BCUT2D eigenvalue weighted by Crippen LogP contribution is 2.39. The SMILES string of the molecule is CN1CCN(Cc2cccc(N3C=C(Nc4cc(C5CC5)[nH]n4)n4ccnc4C3)c2)CC1. The molecular formula is C24H30N8. The van der Waals surface area contributed by atoms with Gasteiger partial charge in [-0.15, -0.1) is 0 Å². The van der Waals surface area contributed by atoms with Crippen LogP contribution in [-0.2, 0) is 13.1 Å². The second-order valence-electron chi connectivity index (χ2n) is 9.21. The molecule has 0 radical (unpaired) electrons. The zero-order valence-electron chi connectivity index (χ0n) is 18.5. The molecule has 1 aliphatic carbocycles. The van der Waals surface area contributed by atoms with E-state index in [0.29, 0.717) is 5.92 Å². The van der Waals surface area contributed by atoms with Crippen LogP contribution in [0.3, 0.4) is 0 Å². The number of fused-ring (bicyclic) bond motifs is 1. The molecule has 1 aromatic carbocycles. The molecule has 8 heteroatoms. The van der Waals surface area contributed by atoms with Crippen LogP contribution in [0, 0.1) is 0 Å². The Morgan fingerprint density at radius 3 is 2.84 bits per heavy atom. The van der Waals surface area contributed by atoms with Gasteiger partial charge in [0, 0.05) is 74.7 Å². The van der Waals surface area contributed by atoms with Gasteiger partial charge in [0.1, 0.15) is 11.6 Å². The summed E-state index contributed by atoms with van der Waals surface area (Å²) in [5.41, 5.74) is 3.76. The second kappa shape index (κ2) is 8.11. The van der Waals surface area contributed by atoms with Crippen molar-refractivity contribution in [2.45, 2.75) is 31.8 Å². The number of hydrogen-bond acceptors (Lipinski definition) is 6. The van der Waals surface area contributed by atoms with Crippen LogP contribution in [0.25, 0.3) is 5.82 Å². The third-order valence-corrected chi connectivity index (χ3v) is 6.68. The summed E-state index contributed by atoms with van der Waals surface area (Å²) in [7, 11) is 2.20. The van der Waals surface area contributed by atoms with E-state index < -0.39 is 0 Å². The van der Waals surface area contributed by atoms with E-state index >= 15 is 0 Å². The first-order valence-corrected chi connectivity index (χ1v) is 11.5. The number of anilines is 2. The minimum absolute atomic E-state index is 0.654. The van der Waals surface area contributed by atoms with Crippen molar-refractivity contribution in [3.8, 4) is 0 Å². The molecular weight excluding hydrogens is 400 g/mol. The molecule has 2 aliphatic heterocycles. The highest BCUT2D eigenvalue weighted by Gasteiger charge is 2.26. The molecule has 8 nitrogen and oxygen atoms in total. The highest BCUT2D eigenvalue weighted by molar-refractivity contribution is 5.68. The summed E-state index contributed by atoms with van der Waals surface area (Å²) >= 11 is 0. The first-order chi connectivity index (χ1) is 15.7. The molecule has 166 valence electrons. The molecule has 0 unspecified atom stereocenters. The van der Waals surface area contributed by atoms with Gasteiger partial charge in [-0.1, -0.05) is 12.1 Å². The molecule has 32 heavy (non-hydrogen) atoms. The Morgan fingerprint density at radius 1 is 1.12 bits per heavy atom. The molecule has 2 fully saturated rings. The fourth-order valence-electron chi connectivity index (χ4n) is 4.57. The van der Waals surface area contributed by atoms with E-state index in [9.17, 15) is 0 Å². The number of imidazole rings is 1. The standard InChI is InChI=1S/C24H30N8/c1-29-9-11-30(12-10-29)15-18-3-2-4-20(13-18)31-16-23-25-7-8-32(23)24(17-31)26-22-14-21(27-28-22)19-5-6-19/h2-4,7-8,13-14,17,19H,5-6,9-12,15-16H2,1H3,(H2,26,27,28). The average Bonchev–Trinajstić information content (AvgIpc) is 3.35. The van der Waals surface area contributed by atoms with Crippen LogP contribution >= 0.6 is 0 Å². The summed E-state index contributed by atoms with van der Waals surface area (Å²) in [5.74, 6) is 3.48. The van der Waals surface area contributed by atoms with Crippen LogP contribution < -0.4 is 10.2 Å². The molecule has 1 saturated carbocycles. The summed E-state index contributed by atoms with van der Waals surface area (Å²) in [6, 6.07) is 11.0. The number of rotatable bonds is 6. The van der Waals surface area contributed by atoms with Crippen molar-refractivity contribution < 1.29 is 0 Å². The van der Waals surface area contributed by atoms with Crippen LogP contribution in [0.15, 0.2) is 48.9 Å². The van der Waals surface area contributed by atoms with Crippen LogP contribution in [-0.4, -0.2) is 62.8 Å². The van der Waals surface area contributed by atoms with Gasteiger partial charge >= 0.3 is 0 Å². The predicted octanol–water partition coefficient (Wildman–Crippen LogP) is 3.12.